The number of aromatic nitrogens is 4. The molecule has 0 fully saturated rings. The number of fused-ring (bicyclic) bond motifs is 2. The van der Waals surface area contributed by atoms with Crippen molar-refractivity contribution in [3.63, 3.8) is 0 Å². The SMILES string of the molecule is CC(C)(C)c1c(Cl)c(CCC(C)(C)c2c(Cl)c(F)cc3[nH]ncc23)cc2[nH]ncc12. The highest BCUT2D eigenvalue weighted by Crippen LogP contribution is 2.42. The van der Waals surface area contributed by atoms with Crippen LogP contribution in [0.2, 0.25) is 10.0 Å². The number of benzene rings is 2. The van der Waals surface area contributed by atoms with Crippen LogP contribution in [0.3, 0.4) is 0 Å². The summed E-state index contributed by atoms with van der Waals surface area (Å²) in [6.07, 6.45) is 4.99. The lowest BCUT2D eigenvalue weighted by atomic mass is 9.77. The molecule has 0 spiro atoms. The molecule has 2 aromatic carbocycles. The van der Waals surface area contributed by atoms with Gasteiger partial charge >= 0.3 is 0 Å². The Bertz CT molecular complexity index is 1250. The molecule has 2 heterocycles. The molecule has 0 radical (unpaired) electrons. The van der Waals surface area contributed by atoms with Crippen molar-refractivity contribution in [2.24, 2.45) is 0 Å². The summed E-state index contributed by atoms with van der Waals surface area (Å²) in [5.41, 5.74) is 3.99. The minimum Gasteiger partial charge on any atom is -0.278 e. The van der Waals surface area contributed by atoms with E-state index >= 15 is 0 Å². The van der Waals surface area contributed by atoms with Gasteiger partial charge < -0.3 is 0 Å². The van der Waals surface area contributed by atoms with Crippen molar-refractivity contribution in [3.8, 4) is 0 Å². The number of H-pyrrole nitrogens is 2. The average molecular weight is 447 g/mol. The van der Waals surface area contributed by atoms with E-state index < -0.39 is 11.2 Å². The summed E-state index contributed by atoms with van der Waals surface area (Å²) in [4.78, 5) is 0. The molecule has 0 aliphatic rings. The van der Waals surface area contributed by atoms with Gasteiger partial charge in [0, 0.05) is 21.9 Å². The highest BCUT2D eigenvalue weighted by Gasteiger charge is 2.30. The van der Waals surface area contributed by atoms with Crippen LogP contribution in [0.5, 0.6) is 0 Å². The summed E-state index contributed by atoms with van der Waals surface area (Å²) in [5.74, 6) is -0.441. The number of hydrogen-bond donors (Lipinski definition) is 2. The quantitative estimate of drug-likeness (QED) is 0.351. The minimum atomic E-state index is -0.441. The fourth-order valence-electron chi connectivity index (χ4n) is 4.30. The number of nitrogens with one attached hydrogen (secondary N) is 2. The molecule has 158 valence electrons. The molecule has 0 aliphatic carbocycles. The maximum absolute atomic E-state index is 14.5. The number of aryl methyl sites for hydroxylation is 1. The van der Waals surface area contributed by atoms with Crippen LogP contribution in [0.4, 0.5) is 4.39 Å². The van der Waals surface area contributed by atoms with Gasteiger partial charge in [0.25, 0.3) is 0 Å². The third kappa shape index (κ3) is 3.48. The molecular weight excluding hydrogens is 422 g/mol. The molecule has 7 heteroatoms. The zero-order chi connectivity index (χ0) is 21.8. The Morgan fingerprint density at radius 1 is 0.867 bits per heavy atom. The molecule has 2 aromatic heterocycles. The molecule has 4 rings (SSSR count). The number of aromatic amines is 2. The van der Waals surface area contributed by atoms with Crippen molar-refractivity contribution in [3.05, 3.63) is 57.1 Å². The van der Waals surface area contributed by atoms with Crippen LogP contribution in [-0.4, -0.2) is 20.4 Å². The fraction of sp³-hybridized carbons (Fsp3) is 0.391. The van der Waals surface area contributed by atoms with E-state index in [9.17, 15) is 4.39 Å². The van der Waals surface area contributed by atoms with Gasteiger partial charge in [-0.3, -0.25) is 10.2 Å². The Hall–Kier alpha value is -2.11. The summed E-state index contributed by atoms with van der Waals surface area (Å²) in [7, 11) is 0. The van der Waals surface area contributed by atoms with Crippen molar-refractivity contribution in [1.82, 2.24) is 20.4 Å². The number of halogens is 3. The van der Waals surface area contributed by atoms with Crippen LogP contribution >= 0.6 is 23.2 Å². The van der Waals surface area contributed by atoms with Gasteiger partial charge in [-0.05, 0) is 46.4 Å². The van der Waals surface area contributed by atoms with Gasteiger partial charge in [-0.15, -0.1) is 0 Å². The van der Waals surface area contributed by atoms with Crippen LogP contribution < -0.4 is 0 Å². The Labute approximate surface area is 185 Å². The molecule has 0 bridgehead atoms. The zero-order valence-corrected chi connectivity index (χ0v) is 19.3. The highest BCUT2D eigenvalue weighted by molar-refractivity contribution is 6.33. The van der Waals surface area contributed by atoms with E-state index in [1.807, 2.05) is 6.20 Å². The van der Waals surface area contributed by atoms with Crippen molar-refractivity contribution in [1.29, 1.82) is 0 Å². The van der Waals surface area contributed by atoms with Crippen LogP contribution in [0.1, 0.15) is 57.7 Å². The summed E-state index contributed by atoms with van der Waals surface area (Å²) < 4.78 is 14.5. The molecule has 0 unspecified atom stereocenters. The third-order valence-electron chi connectivity index (χ3n) is 5.84. The first kappa shape index (κ1) is 21.1. The van der Waals surface area contributed by atoms with Crippen LogP contribution in [0.15, 0.2) is 24.5 Å². The van der Waals surface area contributed by atoms with E-state index in [4.69, 9.17) is 23.2 Å². The normalized spacial score (nSPS) is 12.9. The van der Waals surface area contributed by atoms with E-state index in [-0.39, 0.29) is 10.4 Å². The summed E-state index contributed by atoms with van der Waals surface area (Å²) in [6, 6.07) is 3.46. The van der Waals surface area contributed by atoms with Gasteiger partial charge in [-0.1, -0.05) is 57.8 Å². The largest absolute Gasteiger partial charge is 0.278 e. The molecule has 4 nitrogen and oxygen atoms in total. The third-order valence-corrected chi connectivity index (χ3v) is 6.64. The molecule has 0 saturated heterocycles. The van der Waals surface area contributed by atoms with Gasteiger partial charge in [-0.2, -0.15) is 10.2 Å². The zero-order valence-electron chi connectivity index (χ0n) is 17.8. The van der Waals surface area contributed by atoms with E-state index in [0.29, 0.717) is 5.52 Å². The van der Waals surface area contributed by atoms with E-state index in [2.05, 4.69) is 61.1 Å². The van der Waals surface area contributed by atoms with Gasteiger partial charge in [0.2, 0.25) is 0 Å². The average Bonchev–Trinajstić information content (AvgIpc) is 3.28. The highest BCUT2D eigenvalue weighted by atomic mass is 35.5. The summed E-state index contributed by atoms with van der Waals surface area (Å²) in [6.45, 7) is 10.6. The monoisotopic (exact) mass is 446 g/mol. The second kappa shape index (κ2) is 7.24. The molecule has 0 amide bonds. The first-order valence-electron chi connectivity index (χ1n) is 9.97. The van der Waals surface area contributed by atoms with Gasteiger partial charge in [0.1, 0.15) is 5.82 Å². The van der Waals surface area contributed by atoms with Crippen LogP contribution in [-0.2, 0) is 17.3 Å². The van der Waals surface area contributed by atoms with Gasteiger partial charge in [0.05, 0.1) is 28.4 Å². The maximum atomic E-state index is 14.5. The molecule has 30 heavy (non-hydrogen) atoms. The standard InChI is InChI=1S/C23H25Cl2FN4/c1-22(2,3)18-13-10-27-29-16(13)8-12(20(18)24)6-7-23(4,5)19-14-11-28-30-17(14)9-15(26)21(19)25/h8-11H,6-7H2,1-5H3,(H,27,29)(H,28,30). The molecule has 0 aliphatic heterocycles. The lowest BCUT2D eigenvalue weighted by Crippen LogP contribution is -2.20. The molecular formula is C23H25Cl2FN4. The number of rotatable bonds is 4. The van der Waals surface area contributed by atoms with Crippen molar-refractivity contribution in [2.45, 2.75) is 58.3 Å². The maximum Gasteiger partial charge on any atom is 0.144 e. The van der Waals surface area contributed by atoms with Crippen molar-refractivity contribution >= 4 is 45.0 Å². The molecule has 2 N–H and O–H groups in total. The van der Waals surface area contributed by atoms with Crippen LogP contribution in [0.25, 0.3) is 21.8 Å². The van der Waals surface area contributed by atoms with E-state index in [1.165, 1.54) is 6.07 Å². The van der Waals surface area contributed by atoms with Crippen molar-refractivity contribution < 1.29 is 4.39 Å². The molecule has 0 atom stereocenters. The first-order valence-corrected chi connectivity index (χ1v) is 10.7. The summed E-state index contributed by atoms with van der Waals surface area (Å²) in [5, 5.41) is 17.0. The Kier molecular flexibility index (Phi) is 5.10. The number of hydrogen-bond acceptors (Lipinski definition) is 2. The number of nitrogens with zero attached hydrogens (tertiary/aromatic N) is 2. The second-order valence-electron chi connectivity index (χ2n) is 9.57. The Morgan fingerprint density at radius 2 is 1.43 bits per heavy atom. The predicted molar refractivity (Wildman–Crippen MR) is 122 cm³/mol. The Balaban J connectivity index is 1.75. The van der Waals surface area contributed by atoms with Gasteiger partial charge in [0.15, 0.2) is 0 Å². The summed E-state index contributed by atoms with van der Waals surface area (Å²) >= 11 is 13.3. The fourth-order valence-corrected chi connectivity index (χ4v) is 5.25. The lowest BCUT2D eigenvalue weighted by Gasteiger charge is -2.28. The molecule has 0 saturated carbocycles. The smallest absolute Gasteiger partial charge is 0.144 e. The minimum absolute atomic E-state index is 0.125. The van der Waals surface area contributed by atoms with Gasteiger partial charge in [-0.25, -0.2) is 4.39 Å². The predicted octanol–water partition coefficient (Wildman–Crippen LogP) is 7.09. The van der Waals surface area contributed by atoms with E-state index in [0.717, 1.165) is 50.8 Å². The van der Waals surface area contributed by atoms with Crippen LogP contribution in [0, 0.1) is 5.82 Å². The second-order valence-corrected chi connectivity index (χ2v) is 10.3. The van der Waals surface area contributed by atoms with E-state index in [1.54, 1.807) is 6.20 Å². The molecule has 4 aromatic rings. The van der Waals surface area contributed by atoms with Crippen molar-refractivity contribution in [2.75, 3.05) is 0 Å². The lowest BCUT2D eigenvalue weighted by molar-refractivity contribution is 0.480. The first-order chi connectivity index (χ1) is 14.0. The Morgan fingerprint density at radius 3 is 2.03 bits per heavy atom. The topological polar surface area (TPSA) is 57.4 Å².